The smallest absolute Gasteiger partial charge is 0.406 e. The number of aryl methyl sites for hydroxylation is 1. The maximum Gasteiger partial charge on any atom is 0.573 e. The fourth-order valence-electron chi connectivity index (χ4n) is 4.73. The number of alkyl halides is 3. The van der Waals surface area contributed by atoms with E-state index in [1.807, 2.05) is 31.2 Å². The number of amides is 1. The van der Waals surface area contributed by atoms with Crippen molar-refractivity contribution in [1.29, 1.82) is 0 Å². The minimum Gasteiger partial charge on any atom is -0.406 e. The van der Waals surface area contributed by atoms with E-state index in [0.717, 1.165) is 43.1 Å². The molecule has 1 aliphatic heterocycles. The van der Waals surface area contributed by atoms with E-state index in [-0.39, 0.29) is 11.7 Å². The van der Waals surface area contributed by atoms with Crippen LogP contribution in [0.5, 0.6) is 5.75 Å². The van der Waals surface area contributed by atoms with Crippen molar-refractivity contribution >= 4 is 22.9 Å². The van der Waals surface area contributed by atoms with Crippen LogP contribution in [0.1, 0.15) is 28.7 Å². The number of piperazine rings is 1. The van der Waals surface area contributed by atoms with Crippen molar-refractivity contribution < 1.29 is 27.1 Å². The summed E-state index contributed by atoms with van der Waals surface area (Å²) in [6, 6.07) is 16.5. The molecular formula is C28H27F4N5O2. The molecule has 3 heterocycles. The summed E-state index contributed by atoms with van der Waals surface area (Å²) in [7, 11) is 0. The number of pyridine rings is 1. The molecule has 4 aromatic rings. The van der Waals surface area contributed by atoms with Crippen molar-refractivity contribution in [1.82, 2.24) is 14.7 Å². The minimum atomic E-state index is -4.70. The molecule has 0 saturated carbocycles. The number of carbonyl (C=O) groups excluding carboxylic acids is 1. The Morgan fingerprint density at radius 3 is 2.10 bits per heavy atom. The molecule has 204 valence electrons. The van der Waals surface area contributed by atoms with E-state index in [9.17, 15) is 22.4 Å². The zero-order chi connectivity index (χ0) is 27.6. The number of hydrogen-bond donors (Lipinski definition) is 1. The first kappa shape index (κ1) is 26.3. The van der Waals surface area contributed by atoms with Gasteiger partial charge in [0.05, 0.1) is 5.69 Å². The monoisotopic (exact) mass is 541 g/mol. The molecule has 0 atom stereocenters. The van der Waals surface area contributed by atoms with Gasteiger partial charge in [0.25, 0.3) is 5.91 Å². The summed E-state index contributed by atoms with van der Waals surface area (Å²) in [5.41, 5.74) is 4.25. The van der Waals surface area contributed by atoms with Crippen LogP contribution in [0.25, 0.3) is 5.65 Å². The maximum atomic E-state index is 13.6. The average Bonchev–Trinajstić information content (AvgIpc) is 3.29. The predicted octanol–water partition coefficient (Wildman–Crippen LogP) is 5.19. The van der Waals surface area contributed by atoms with Crippen LogP contribution in [-0.4, -0.2) is 47.8 Å². The van der Waals surface area contributed by atoms with Gasteiger partial charge < -0.3 is 19.9 Å². The van der Waals surface area contributed by atoms with Crippen LogP contribution in [0.15, 0.2) is 66.9 Å². The number of rotatable bonds is 7. The number of halogens is 4. The van der Waals surface area contributed by atoms with E-state index in [1.165, 1.54) is 30.5 Å². The summed E-state index contributed by atoms with van der Waals surface area (Å²) in [4.78, 5) is 21.7. The van der Waals surface area contributed by atoms with Crippen molar-refractivity contribution in [2.24, 2.45) is 0 Å². The third-order valence-electron chi connectivity index (χ3n) is 6.68. The standard InChI is InChI=1S/C28H27F4N5O2/c1-2-24-26(37-12-11-20(29)17-25(37)34-24)27(38)33-18-19-3-5-21(6-4-19)35-13-15-36(16-14-35)22-7-9-23(10-8-22)39-28(30,31)32/h3-12,17H,2,13-16,18H2,1H3,(H,33,38). The highest BCUT2D eigenvalue weighted by atomic mass is 19.4. The normalized spacial score (nSPS) is 14.1. The fraction of sp³-hybridized carbons (Fsp3) is 0.286. The summed E-state index contributed by atoms with van der Waals surface area (Å²) in [5.74, 6) is -0.915. The molecule has 1 fully saturated rings. The Bertz CT molecular complexity index is 1440. The van der Waals surface area contributed by atoms with E-state index >= 15 is 0 Å². The number of benzene rings is 2. The van der Waals surface area contributed by atoms with Crippen molar-refractivity contribution in [3.63, 3.8) is 0 Å². The molecule has 0 spiro atoms. The molecule has 0 aliphatic carbocycles. The van der Waals surface area contributed by atoms with Gasteiger partial charge in [0.15, 0.2) is 0 Å². The molecule has 11 heteroatoms. The van der Waals surface area contributed by atoms with Crippen LogP contribution in [0, 0.1) is 5.82 Å². The average molecular weight is 542 g/mol. The van der Waals surface area contributed by atoms with E-state index < -0.39 is 12.2 Å². The van der Waals surface area contributed by atoms with Gasteiger partial charge in [-0.1, -0.05) is 19.1 Å². The van der Waals surface area contributed by atoms with Gasteiger partial charge in [0.2, 0.25) is 0 Å². The van der Waals surface area contributed by atoms with E-state index in [2.05, 4.69) is 24.8 Å². The Morgan fingerprint density at radius 2 is 1.54 bits per heavy atom. The van der Waals surface area contributed by atoms with Gasteiger partial charge in [0.1, 0.15) is 22.9 Å². The molecule has 2 aromatic heterocycles. The van der Waals surface area contributed by atoms with E-state index in [0.29, 0.717) is 30.0 Å². The molecule has 39 heavy (non-hydrogen) atoms. The summed E-state index contributed by atoms with van der Waals surface area (Å²) in [6.45, 7) is 5.19. The second kappa shape index (κ2) is 10.8. The Labute approximate surface area is 222 Å². The zero-order valence-electron chi connectivity index (χ0n) is 21.2. The number of nitrogens with zero attached hydrogens (tertiary/aromatic N) is 4. The van der Waals surface area contributed by atoms with E-state index in [4.69, 9.17) is 0 Å². The fourth-order valence-corrected chi connectivity index (χ4v) is 4.73. The topological polar surface area (TPSA) is 62.1 Å². The number of imidazole rings is 1. The SMILES string of the molecule is CCc1nc2cc(F)ccn2c1C(=O)NCc1ccc(N2CCN(c3ccc(OC(F)(F)F)cc3)CC2)cc1. The lowest BCUT2D eigenvalue weighted by atomic mass is 10.1. The van der Waals surface area contributed by atoms with Gasteiger partial charge >= 0.3 is 6.36 Å². The van der Waals surface area contributed by atoms with Crippen molar-refractivity contribution in [2.45, 2.75) is 26.3 Å². The van der Waals surface area contributed by atoms with Gasteiger partial charge in [-0.05, 0) is 54.4 Å². The lowest BCUT2D eigenvalue weighted by Gasteiger charge is -2.37. The summed E-state index contributed by atoms with van der Waals surface area (Å²) < 4.78 is 56.3. The van der Waals surface area contributed by atoms with Crippen molar-refractivity contribution in [3.05, 3.63) is 89.6 Å². The predicted molar refractivity (Wildman–Crippen MR) is 140 cm³/mol. The van der Waals surface area contributed by atoms with Gasteiger partial charge in [-0.3, -0.25) is 9.20 Å². The van der Waals surface area contributed by atoms with E-state index in [1.54, 1.807) is 16.5 Å². The summed E-state index contributed by atoms with van der Waals surface area (Å²) in [5, 5.41) is 2.94. The minimum absolute atomic E-state index is 0.235. The molecule has 0 unspecified atom stereocenters. The third kappa shape index (κ3) is 6.08. The Morgan fingerprint density at radius 1 is 0.949 bits per heavy atom. The Balaban J connectivity index is 1.15. The number of hydrogen-bond acceptors (Lipinski definition) is 5. The van der Waals surface area contributed by atoms with Crippen LogP contribution in [0.3, 0.4) is 0 Å². The first-order valence-corrected chi connectivity index (χ1v) is 12.6. The highest BCUT2D eigenvalue weighted by Crippen LogP contribution is 2.27. The number of anilines is 2. The lowest BCUT2D eigenvalue weighted by Crippen LogP contribution is -2.46. The molecule has 1 aliphatic rings. The molecule has 1 amide bonds. The number of nitrogens with one attached hydrogen (secondary N) is 1. The molecule has 0 bridgehead atoms. The number of fused-ring (bicyclic) bond motifs is 1. The molecular weight excluding hydrogens is 514 g/mol. The van der Waals surface area contributed by atoms with Crippen molar-refractivity contribution in [3.8, 4) is 5.75 Å². The van der Waals surface area contributed by atoms with Crippen LogP contribution < -0.4 is 19.9 Å². The highest BCUT2D eigenvalue weighted by molar-refractivity contribution is 5.94. The molecule has 2 aromatic carbocycles. The lowest BCUT2D eigenvalue weighted by molar-refractivity contribution is -0.274. The second-order valence-electron chi connectivity index (χ2n) is 9.20. The molecule has 5 rings (SSSR count). The van der Waals surface area contributed by atoms with Crippen molar-refractivity contribution in [2.75, 3.05) is 36.0 Å². The quantitative estimate of drug-likeness (QED) is 0.327. The highest BCUT2D eigenvalue weighted by Gasteiger charge is 2.31. The maximum absolute atomic E-state index is 13.6. The van der Waals surface area contributed by atoms with Crippen LogP contribution in [0.4, 0.5) is 28.9 Å². The van der Waals surface area contributed by atoms with Crippen LogP contribution in [-0.2, 0) is 13.0 Å². The zero-order valence-corrected chi connectivity index (χ0v) is 21.2. The molecule has 1 saturated heterocycles. The summed E-state index contributed by atoms with van der Waals surface area (Å²) in [6.07, 6.45) is -2.65. The largest absolute Gasteiger partial charge is 0.573 e. The first-order chi connectivity index (χ1) is 18.7. The van der Waals surface area contributed by atoms with Crippen LogP contribution in [0.2, 0.25) is 0 Å². The second-order valence-corrected chi connectivity index (χ2v) is 9.20. The number of carbonyl (C=O) groups is 1. The van der Waals surface area contributed by atoms with Gasteiger partial charge in [-0.15, -0.1) is 13.2 Å². The number of ether oxygens (including phenoxy) is 1. The van der Waals surface area contributed by atoms with Crippen LogP contribution >= 0.6 is 0 Å². The Kier molecular flexibility index (Phi) is 7.32. The number of aromatic nitrogens is 2. The Hall–Kier alpha value is -4.28. The van der Waals surface area contributed by atoms with Gasteiger partial charge in [-0.2, -0.15) is 0 Å². The summed E-state index contributed by atoms with van der Waals surface area (Å²) >= 11 is 0. The first-order valence-electron chi connectivity index (χ1n) is 12.6. The van der Waals surface area contributed by atoms with Gasteiger partial charge in [0, 0.05) is 56.4 Å². The molecule has 0 radical (unpaired) electrons. The molecule has 1 N–H and O–H groups in total. The molecule has 7 nitrogen and oxygen atoms in total. The van der Waals surface area contributed by atoms with Gasteiger partial charge in [-0.25, -0.2) is 9.37 Å². The third-order valence-corrected chi connectivity index (χ3v) is 6.68.